The van der Waals surface area contributed by atoms with Gasteiger partial charge in [0.1, 0.15) is 6.04 Å². The Morgan fingerprint density at radius 2 is 1.66 bits per heavy atom. The molecule has 3 unspecified atom stereocenters. The van der Waals surface area contributed by atoms with Gasteiger partial charge in [-0.1, -0.05) is 100 Å². The molecule has 3 aromatic carbocycles. The van der Waals surface area contributed by atoms with Gasteiger partial charge in [-0.25, -0.2) is 0 Å². The molecule has 7 nitrogen and oxygen atoms in total. The number of amides is 3. The number of carbonyl (C=O) groups excluding carboxylic acids is 3. The Bertz CT molecular complexity index is 1670. The molecule has 3 aliphatic rings. The van der Waals surface area contributed by atoms with E-state index in [4.69, 9.17) is 11.6 Å². The zero-order chi connectivity index (χ0) is 33.5. The number of para-hydroxylation sites is 2. The van der Waals surface area contributed by atoms with E-state index in [1.54, 1.807) is 44.7 Å². The lowest BCUT2D eigenvalue weighted by molar-refractivity contribution is -0.142. The standard InChI is InChI=1S/C37H37BrClN3O4S/c1-4-19-40(25-16-10-7-11-17-25)34(44)29-30-35(45)42(28(22-43)24-14-8-6-9-15-24)33(37(30)21-26(38)32(29)47-37)36(46)41(20-5-2)31-23(3)13-12-18-27(31)39/h4-18,26,28-30,32-33,43H,1-2,19-22H2,3H3/t26?,28-,29-,30+,32-,33?,37?/m1/s1. The van der Waals surface area contributed by atoms with Crippen LogP contribution in [0.1, 0.15) is 23.6 Å². The van der Waals surface area contributed by atoms with E-state index in [0.717, 1.165) is 5.56 Å². The van der Waals surface area contributed by atoms with Gasteiger partial charge in [0.2, 0.25) is 11.8 Å². The van der Waals surface area contributed by atoms with Gasteiger partial charge in [-0.3, -0.25) is 14.4 Å². The molecule has 10 heteroatoms. The fourth-order valence-corrected chi connectivity index (χ4v) is 11.7. The molecule has 3 amide bonds. The largest absolute Gasteiger partial charge is 0.394 e. The number of aryl methyl sites for hydroxylation is 1. The molecule has 0 aromatic heterocycles. The summed E-state index contributed by atoms with van der Waals surface area (Å²) >= 11 is 12.2. The molecule has 2 bridgehead atoms. The van der Waals surface area contributed by atoms with Crippen LogP contribution in [-0.4, -0.2) is 68.3 Å². The van der Waals surface area contributed by atoms with Crippen molar-refractivity contribution in [1.82, 2.24) is 4.90 Å². The van der Waals surface area contributed by atoms with Crippen LogP contribution >= 0.6 is 39.3 Å². The zero-order valence-corrected chi connectivity index (χ0v) is 29.2. The first-order valence-corrected chi connectivity index (χ1v) is 17.8. The second-order valence-corrected chi connectivity index (χ2v) is 15.4. The Morgan fingerprint density at radius 1 is 1.02 bits per heavy atom. The van der Waals surface area contributed by atoms with Crippen molar-refractivity contribution in [1.29, 1.82) is 0 Å². The molecular weight excluding hydrogens is 698 g/mol. The molecule has 244 valence electrons. The minimum atomic E-state index is -0.995. The fourth-order valence-electron chi connectivity index (χ4n) is 7.77. The highest BCUT2D eigenvalue weighted by molar-refractivity contribution is 9.09. The van der Waals surface area contributed by atoms with E-state index >= 15 is 9.59 Å². The van der Waals surface area contributed by atoms with Gasteiger partial charge in [-0.15, -0.1) is 24.9 Å². The number of alkyl halides is 1. The van der Waals surface area contributed by atoms with Gasteiger partial charge >= 0.3 is 0 Å². The van der Waals surface area contributed by atoms with Crippen LogP contribution in [0.15, 0.2) is 104 Å². The number of thioether (sulfide) groups is 1. The SMILES string of the molecule is C=CCN(C(=O)[C@H]1[C@@H]2SC3(CC2Br)C(C(=O)N(CC=C)c2c(C)cccc2Cl)N([C@H](CO)c2ccccc2)C(=O)[C@H]13)c1ccccc1. The number of carbonyl (C=O) groups is 3. The van der Waals surface area contributed by atoms with Crippen LogP contribution in [0.2, 0.25) is 5.02 Å². The Kier molecular flexibility index (Phi) is 9.72. The molecule has 0 saturated carbocycles. The van der Waals surface area contributed by atoms with Crippen molar-refractivity contribution in [3.63, 3.8) is 0 Å². The lowest BCUT2D eigenvalue weighted by Crippen LogP contribution is -2.57. The number of aliphatic hydroxyl groups is 1. The molecule has 1 N–H and O–H groups in total. The molecule has 7 atom stereocenters. The van der Waals surface area contributed by atoms with Crippen LogP contribution in [0.3, 0.4) is 0 Å². The average Bonchev–Trinajstić information content (AvgIpc) is 3.67. The third-order valence-electron chi connectivity index (χ3n) is 9.62. The minimum absolute atomic E-state index is 0.124. The van der Waals surface area contributed by atoms with Crippen molar-refractivity contribution in [3.8, 4) is 0 Å². The Hall–Kier alpha value is -3.37. The van der Waals surface area contributed by atoms with E-state index in [2.05, 4.69) is 29.1 Å². The van der Waals surface area contributed by atoms with Gasteiger partial charge in [-0.05, 0) is 42.7 Å². The van der Waals surface area contributed by atoms with Gasteiger partial charge in [0.25, 0.3) is 5.91 Å². The quantitative estimate of drug-likeness (QED) is 0.178. The van der Waals surface area contributed by atoms with Crippen molar-refractivity contribution >= 4 is 68.4 Å². The summed E-state index contributed by atoms with van der Waals surface area (Å²) in [6, 6.07) is 22.3. The summed E-state index contributed by atoms with van der Waals surface area (Å²) < 4.78 is -0.944. The number of halogens is 2. The molecule has 3 aliphatic heterocycles. The van der Waals surface area contributed by atoms with Gasteiger partial charge in [0.05, 0.1) is 39.9 Å². The van der Waals surface area contributed by atoms with E-state index in [1.165, 1.54) is 0 Å². The predicted molar refractivity (Wildman–Crippen MR) is 193 cm³/mol. The van der Waals surface area contributed by atoms with Crippen LogP contribution < -0.4 is 9.80 Å². The second-order valence-electron chi connectivity index (χ2n) is 12.2. The van der Waals surface area contributed by atoms with Crippen LogP contribution in [0, 0.1) is 18.8 Å². The molecule has 6 rings (SSSR count). The van der Waals surface area contributed by atoms with Crippen molar-refractivity contribution in [2.75, 3.05) is 29.5 Å². The monoisotopic (exact) mass is 733 g/mol. The first kappa shape index (κ1) is 33.5. The fraction of sp³-hybridized carbons (Fsp3) is 0.324. The molecular formula is C37H37BrClN3O4S. The highest BCUT2D eigenvalue weighted by atomic mass is 79.9. The Labute approximate surface area is 293 Å². The van der Waals surface area contributed by atoms with Crippen LogP contribution in [-0.2, 0) is 14.4 Å². The molecule has 0 radical (unpaired) electrons. The number of nitrogens with zero attached hydrogens (tertiary/aromatic N) is 3. The molecule has 3 aromatic rings. The maximum absolute atomic E-state index is 15.2. The van der Waals surface area contributed by atoms with Gasteiger partial charge in [0.15, 0.2) is 0 Å². The summed E-state index contributed by atoms with van der Waals surface area (Å²) in [6.07, 6.45) is 3.82. The van der Waals surface area contributed by atoms with Gasteiger partial charge < -0.3 is 19.8 Å². The van der Waals surface area contributed by atoms with E-state index in [0.29, 0.717) is 28.4 Å². The molecule has 0 aliphatic carbocycles. The Balaban J connectivity index is 1.52. The lowest BCUT2D eigenvalue weighted by atomic mass is 9.70. The highest BCUT2D eigenvalue weighted by Crippen LogP contribution is 2.69. The van der Waals surface area contributed by atoms with E-state index in [-0.39, 0.29) is 40.9 Å². The zero-order valence-electron chi connectivity index (χ0n) is 26.0. The molecule has 47 heavy (non-hydrogen) atoms. The first-order chi connectivity index (χ1) is 22.7. The van der Waals surface area contributed by atoms with Crippen molar-refractivity contribution in [2.24, 2.45) is 11.8 Å². The van der Waals surface area contributed by atoms with Gasteiger partial charge in [-0.2, -0.15) is 0 Å². The van der Waals surface area contributed by atoms with E-state index in [1.807, 2.05) is 79.7 Å². The highest BCUT2D eigenvalue weighted by Gasteiger charge is 2.76. The number of fused-ring (bicyclic) bond motifs is 1. The van der Waals surface area contributed by atoms with Crippen molar-refractivity contribution in [2.45, 2.75) is 40.3 Å². The normalized spacial score (nSPS) is 26.5. The molecule has 3 saturated heterocycles. The number of aliphatic hydroxyl groups excluding tert-OH is 1. The second kappa shape index (κ2) is 13.6. The number of rotatable bonds is 11. The average molecular weight is 735 g/mol. The summed E-state index contributed by atoms with van der Waals surface area (Å²) in [5.41, 5.74) is 2.77. The first-order valence-electron chi connectivity index (χ1n) is 15.6. The summed E-state index contributed by atoms with van der Waals surface area (Å²) in [6.45, 7) is 9.74. The number of hydrogen-bond donors (Lipinski definition) is 1. The number of benzene rings is 3. The molecule has 1 spiro atoms. The summed E-state index contributed by atoms with van der Waals surface area (Å²) in [5, 5.41) is 11.1. The Morgan fingerprint density at radius 3 is 2.28 bits per heavy atom. The maximum Gasteiger partial charge on any atom is 0.251 e. The lowest BCUT2D eigenvalue weighted by Gasteiger charge is -2.40. The van der Waals surface area contributed by atoms with Gasteiger partial charge in [0, 0.05) is 28.9 Å². The number of likely N-dealkylation sites (tertiary alicyclic amines) is 1. The smallest absolute Gasteiger partial charge is 0.251 e. The van der Waals surface area contributed by atoms with Crippen LogP contribution in [0.4, 0.5) is 11.4 Å². The maximum atomic E-state index is 15.2. The molecule has 3 fully saturated rings. The van der Waals surface area contributed by atoms with Crippen LogP contribution in [0.25, 0.3) is 0 Å². The third kappa shape index (κ3) is 5.55. The minimum Gasteiger partial charge on any atom is -0.394 e. The number of anilines is 2. The summed E-state index contributed by atoms with van der Waals surface area (Å²) in [4.78, 5) is 49.7. The van der Waals surface area contributed by atoms with Crippen molar-refractivity contribution < 1.29 is 19.5 Å². The van der Waals surface area contributed by atoms with Crippen molar-refractivity contribution in [3.05, 3.63) is 120 Å². The van der Waals surface area contributed by atoms with Crippen LogP contribution in [0.5, 0.6) is 0 Å². The third-order valence-corrected chi connectivity index (χ3v) is 13.1. The summed E-state index contributed by atoms with van der Waals surface area (Å²) in [5.74, 6) is -2.31. The predicted octanol–water partition coefficient (Wildman–Crippen LogP) is 6.58. The van der Waals surface area contributed by atoms with E-state index < -0.39 is 35.3 Å². The topological polar surface area (TPSA) is 81.2 Å². The van der Waals surface area contributed by atoms with E-state index in [9.17, 15) is 9.90 Å². The number of hydrogen-bond acceptors (Lipinski definition) is 5. The molecule has 3 heterocycles. The summed E-state index contributed by atoms with van der Waals surface area (Å²) in [7, 11) is 0.